The summed E-state index contributed by atoms with van der Waals surface area (Å²) in [6.45, 7) is 5.86. The molecule has 0 bridgehead atoms. The van der Waals surface area contributed by atoms with E-state index in [0.29, 0.717) is 35.4 Å². The fourth-order valence-corrected chi connectivity index (χ4v) is 3.36. The highest BCUT2D eigenvalue weighted by atomic mass is 32.1. The van der Waals surface area contributed by atoms with E-state index >= 15 is 0 Å². The predicted molar refractivity (Wildman–Crippen MR) is 127 cm³/mol. The number of thiocarbonyl (C=S) groups is 1. The number of esters is 1. The number of rotatable bonds is 7. The van der Waals surface area contributed by atoms with Gasteiger partial charge < -0.3 is 24.3 Å². The zero-order valence-corrected chi connectivity index (χ0v) is 19.4. The Morgan fingerprint density at radius 3 is 2.78 bits per heavy atom. The van der Waals surface area contributed by atoms with Gasteiger partial charge in [-0.15, -0.1) is 0 Å². The van der Waals surface area contributed by atoms with E-state index in [1.807, 2.05) is 38.1 Å². The molecular weight excluding hydrogens is 430 g/mol. The van der Waals surface area contributed by atoms with Gasteiger partial charge in [0.05, 0.1) is 25.1 Å². The zero-order chi connectivity index (χ0) is 23.1. The van der Waals surface area contributed by atoms with Crippen LogP contribution in [0, 0.1) is 0 Å². The van der Waals surface area contributed by atoms with Crippen LogP contribution < -0.4 is 25.0 Å². The Kier molecular flexibility index (Phi) is 7.53. The third kappa shape index (κ3) is 6.10. The van der Waals surface area contributed by atoms with Gasteiger partial charge in [-0.05, 0) is 63.3 Å². The first-order chi connectivity index (χ1) is 15.3. The molecule has 170 valence electrons. The van der Waals surface area contributed by atoms with Crippen LogP contribution in [0.2, 0.25) is 0 Å². The SMILES string of the molecule is CCOC(=O)COc1ccc2c(c1)C(=NNC(=S)Nc1ccccc1OC)CC(C)(C)O2. The number of benzene rings is 2. The number of hydrogen-bond donors (Lipinski definition) is 2. The molecule has 0 aliphatic carbocycles. The van der Waals surface area contributed by atoms with E-state index in [4.69, 9.17) is 31.2 Å². The average molecular weight is 458 g/mol. The molecule has 9 heteroatoms. The van der Waals surface area contributed by atoms with Crippen molar-refractivity contribution in [1.82, 2.24) is 5.43 Å². The fourth-order valence-electron chi connectivity index (χ4n) is 3.21. The summed E-state index contributed by atoms with van der Waals surface area (Å²) in [5, 5.41) is 7.94. The summed E-state index contributed by atoms with van der Waals surface area (Å²) in [6, 6.07) is 12.8. The maximum atomic E-state index is 11.6. The minimum Gasteiger partial charge on any atom is -0.495 e. The first-order valence-electron chi connectivity index (χ1n) is 10.2. The number of anilines is 1. The summed E-state index contributed by atoms with van der Waals surface area (Å²) >= 11 is 5.40. The minimum absolute atomic E-state index is 0.170. The lowest BCUT2D eigenvalue weighted by atomic mass is 9.92. The molecule has 1 aliphatic heterocycles. The third-order valence-electron chi connectivity index (χ3n) is 4.55. The molecule has 0 spiro atoms. The number of nitrogens with zero attached hydrogens (tertiary/aromatic N) is 1. The molecule has 0 saturated carbocycles. The smallest absolute Gasteiger partial charge is 0.344 e. The molecule has 0 atom stereocenters. The summed E-state index contributed by atoms with van der Waals surface area (Å²) in [4.78, 5) is 11.6. The number of nitrogens with one attached hydrogen (secondary N) is 2. The molecule has 0 radical (unpaired) electrons. The van der Waals surface area contributed by atoms with Crippen molar-refractivity contribution in [3.05, 3.63) is 48.0 Å². The van der Waals surface area contributed by atoms with Crippen LogP contribution in [0.5, 0.6) is 17.2 Å². The van der Waals surface area contributed by atoms with Gasteiger partial charge in [-0.2, -0.15) is 5.10 Å². The van der Waals surface area contributed by atoms with Gasteiger partial charge in [-0.3, -0.25) is 5.43 Å². The van der Waals surface area contributed by atoms with Crippen LogP contribution in [0.25, 0.3) is 0 Å². The van der Waals surface area contributed by atoms with Crippen molar-refractivity contribution in [1.29, 1.82) is 0 Å². The minimum atomic E-state index is -0.446. The summed E-state index contributed by atoms with van der Waals surface area (Å²) in [6.07, 6.45) is 0.547. The second-order valence-electron chi connectivity index (χ2n) is 7.61. The highest BCUT2D eigenvalue weighted by Gasteiger charge is 2.31. The van der Waals surface area contributed by atoms with Gasteiger partial charge in [0, 0.05) is 12.0 Å². The highest BCUT2D eigenvalue weighted by molar-refractivity contribution is 7.80. The lowest BCUT2D eigenvalue weighted by Gasteiger charge is -2.33. The van der Waals surface area contributed by atoms with Crippen molar-refractivity contribution in [3.8, 4) is 17.2 Å². The van der Waals surface area contributed by atoms with E-state index in [-0.39, 0.29) is 6.61 Å². The molecular formula is C23H27N3O5S. The van der Waals surface area contributed by atoms with Crippen LogP contribution in [0.3, 0.4) is 0 Å². The summed E-state index contributed by atoms with van der Waals surface area (Å²) in [5.41, 5.74) is 4.70. The Hall–Kier alpha value is -3.33. The number of fused-ring (bicyclic) bond motifs is 1. The molecule has 2 aromatic carbocycles. The Balaban J connectivity index is 1.77. The molecule has 8 nitrogen and oxygen atoms in total. The maximum Gasteiger partial charge on any atom is 0.344 e. The van der Waals surface area contributed by atoms with Gasteiger partial charge in [-0.1, -0.05) is 12.1 Å². The Labute approximate surface area is 192 Å². The van der Waals surface area contributed by atoms with E-state index in [9.17, 15) is 4.79 Å². The zero-order valence-electron chi connectivity index (χ0n) is 18.6. The molecule has 3 rings (SSSR count). The van der Waals surface area contributed by atoms with Crippen molar-refractivity contribution in [2.45, 2.75) is 32.8 Å². The van der Waals surface area contributed by atoms with Gasteiger partial charge in [0.1, 0.15) is 22.8 Å². The van der Waals surface area contributed by atoms with Gasteiger partial charge in [0.25, 0.3) is 0 Å². The van der Waals surface area contributed by atoms with Crippen LogP contribution in [0.15, 0.2) is 47.6 Å². The molecule has 0 unspecified atom stereocenters. The van der Waals surface area contributed by atoms with Crippen molar-refractivity contribution in [2.24, 2.45) is 5.10 Å². The van der Waals surface area contributed by atoms with E-state index in [2.05, 4.69) is 15.8 Å². The molecule has 1 aliphatic rings. The van der Waals surface area contributed by atoms with Gasteiger partial charge in [0.2, 0.25) is 0 Å². The third-order valence-corrected chi connectivity index (χ3v) is 4.74. The van der Waals surface area contributed by atoms with Crippen LogP contribution in [0.1, 0.15) is 32.8 Å². The summed E-state index contributed by atoms with van der Waals surface area (Å²) in [7, 11) is 1.60. The van der Waals surface area contributed by atoms with E-state index in [1.54, 1.807) is 32.2 Å². The van der Waals surface area contributed by atoms with Crippen molar-refractivity contribution in [2.75, 3.05) is 25.6 Å². The molecule has 0 fully saturated rings. The number of ether oxygens (including phenoxy) is 4. The normalized spacial score (nSPS) is 15.2. The standard InChI is InChI=1S/C23H27N3O5S/c1-5-29-21(27)14-30-15-10-11-19-16(12-15)18(13-23(2,3)31-19)25-26-22(32)24-17-8-6-7-9-20(17)28-4/h6-12H,5,13-14H2,1-4H3,(H2,24,26,32). The van der Waals surface area contributed by atoms with Crippen LogP contribution >= 0.6 is 12.2 Å². The lowest BCUT2D eigenvalue weighted by Crippen LogP contribution is -2.37. The lowest BCUT2D eigenvalue weighted by molar-refractivity contribution is -0.145. The molecule has 0 amide bonds. The molecule has 0 aromatic heterocycles. The summed E-state index contributed by atoms with van der Waals surface area (Å²) < 4.78 is 21.9. The fraction of sp³-hybridized carbons (Fsp3) is 0.348. The quantitative estimate of drug-likeness (QED) is 0.368. The van der Waals surface area contributed by atoms with E-state index in [0.717, 1.165) is 17.0 Å². The first kappa shape index (κ1) is 23.3. The second kappa shape index (κ2) is 10.3. The molecule has 0 saturated heterocycles. The predicted octanol–water partition coefficient (Wildman–Crippen LogP) is 3.89. The van der Waals surface area contributed by atoms with Crippen molar-refractivity contribution < 1.29 is 23.7 Å². The van der Waals surface area contributed by atoms with Crippen molar-refractivity contribution >= 4 is 34.7 Å². The average Bonchev–Trinajstić information content (AvgIpc) is 2.76. The van der Waals surface area contributed by atoms with Crippen molar-refractivity contribution in [3.63, 3.8) is 0 Å². The summed E-state index contributed by atoms with van der Waals surface area (Å²) in [5.74, 6) is 1.44. The molecule has 2 aromatic rings. The number of methoxy groups -OCH3 is 1. The largest absolute Gasteiger partial charge is 0.495 e. The molecule has 1 heterocycles. The van der Waals surface area contributed by atoms with Crippen LogP contribution in [-0.2, 0) is 9.53 Å². The number of hydrazone groups is 1. The highest BCUT2D eigenvalue weighted by Crippen LogP contribution is 2.35. The van der Waals surface area contributed by atoms with E-state index in [1.165, 1.54) is 0 Å². The monoisotopic (exact) mass is 457 g/mol. The molecule has 2 N–H and O–H groups in total. The Morgan fingerprint density at radius 2 is 2.03 bits per heavy atom. The molecule has 32 heavy (non-hydrogen) atoms. The Bertz CT molecular complexity index is 1020. The van der Waals surface area contributed by atoms with Gasteiger partial charge in [0.15, 0.2) is 11.7 Å². The number of carbonyl (C=O) groups is 1. The number of hydrogen-bond acceptors (Lipinski definition) is 7. The van der Waals surface area contributed by atoms with Crippen LogP contribution in [-0.4, -0.2) is 42.7 Å². The number of para-hydroxylation sites is 2. The van der Waals surface area contributed by atoms with Gasteiger partial charge >= 0.3 is 5.97 Å². The second-order valence-corrected chi connectivity index (χ2v) is 8.02. The van der Waals surface area contributed by atoms with Crippen LogP contribution in [0.4, 0.5) is 5.69 Å². The first-order valence-corrected chi connectivity index (χ1v) is 10.6. The van der Waals surface area contributed by atoms with E-state index < -0.39 is 11.6 Å². The maximum absolute atomic E-state index is 11.6. The Morgan fingerprint density at radius 1 is 1.25 bits per heavy atom. The topological polar surface area (TPSA) is 90.4 Å². The number of carbonyl (C=O) groups excluding carboxylic acids is 1. The van der Waals surface area contributed by atoms with Gasteiger partial charge in [-0.25, -0.2) is 4.79 Å².